The lowest BCUT2D eigenvalue weighted by Crippen LogP contribution is -2.17. The molecule has 19 heavy (non-hydrogen) atoms. The lowest BCUT2D eigenvalue weighted by molar-refractivity contribution is 0.521. The molecule has 0 aliphatic rings. The Morgan fingerprint density at radius 3 is 2.26 bits per heavy atom. The molecular formula is C10H6BrF2N3O2S. The van der Waals surface area contributed by atoms with Gasteiger partial charge >= 0.3 is 0 Å². The Morgan fingerprint density at radius 2 is 1.74 bits per heavy atom. The Labute approximate surface area is 115 Å². The van der Waals surface area contributed by atoms with Crippen LogP contribution in [0.25, 0.3) is 0 Å². The van der Waals surface area contributed by atoms with Crippen LogP contribution < -0.4 is 4.72 Å². The van der Waals surface area contributed by atoms with Gasteiger partial charge in [0.15, 0.2) is 10.7 Å². The molecule has 1 N–H and O–H groups in total. The smallest absolute Gasteiger partial charge is 0.262 e. The minimum absolute atomic E-state index is 0.147. The molecule has 5 nitrogen and oxygen atoms in total. The fraction of sp³-hybridized carbons (Fsp3) is 0. The van der Waals surface area contributed by atoms with Crippen LogP contribution in [0.3, 0.4) is 0 Å². The van der Waals surface area contributed by atoms with Crippen LogP contribution >= 0.6 is 15.9 Å². The van der Waals surface area contributed by atoms with E-state index in [2.05, 4.69) is 25.9 Å². The van der Waals surface area contributed by atoms with Crippen LogP contribution in [0, 0.1) is 11.6 Å². The Morgan fingerprint density at radius 1 is 1.11 bits per heavy atom. The molecule has 0 spiro atoms. The zero-order chi connectivity index (χ0) is 14.0. The van der Waals surface area contributed by atoms with E-state index in [0.29, 0.717) is 4.60 Å². The first-order valence-corrected chi connectivity index (χ1v) is 7.12. The van der Waals surface area contributed by atoms with E-state index in [-0.39, 0.29) is 5.82 Å². The monoisotopic (exact) mass is 349 g/mol. The molecule has 0 radical (unpaired) electrons. The number of nitrogens with zero attached hydrogens (tertiary/aromatic N) is 2. The predicted octanol–water partition coefficient (Wildman–Crippen LogP) is 2.32. The van der Waals surface area contributed by atoms with Gasteiger partial charge in [0, 0.05) is 0 Å². The lowest BCUT2D eigenvalue weighted by atomic mass is 10.3. The SMILES string of the molecule is O=S(=O)(Nc1cnc(Br)cn1)c1c(F)cccc1F. The van der Waals surface area contributed by atoms with E-state index in [1.54, 1.807) is 0 Å². The van der Waals surface area contributed by atoms with Crippen LogP contribution in [0.4, 0.5) is 14.6 Å². The predicted molar refractivity (Wildman–Crippen MR) is 66.9 cm³/mol. The van der Waals surface area contributed by atoms with Crippen molar-refractivity contribution < 1.29 is 17.2 Å². The van der Waals surface area contributed by atoms with Crippen LogP contribution in [0.1, 0.15) is 0 Å². The second-order valence-corrected chi connectivity index (χ2v) is 5.81. The van der Waals surface area contributed by atoms with Crippen molar-refractivity contribution in [2.45, 2.75) is 4.90 Å². The van der Waals surface area contributed by atoms with Crippen LogP contribution in [-0.2, 0) is 10.0 Å². The molecule has 9 heteroatoms. The van der Waals surface area contributed by atoms with E-state index >= 15 is 0 Å². The number of benzene rings is 1. The summed E-state index contributed by atoms with van der Waals surface area (Å²) in [5.41, 5.74) is 0. The summed E-state index contributed by atoms with van der Waals surface area (Å²) < 4.78 is 52.9. The van der Waals surface area contributed by atoms with Gasteiger partial charge < -0.3 is 0 Å². The van der Waals surface area contributed by atoms with Crippen molar-refractivity contribution in [2.24, 2.45) is 0 Å². The number of aromatic nitrogens is 2. The molecule has 1 aromatic heterocycles. The molecule has 0 saturated carbocycles. The fourth-order valence-corrected chi connectivity index (χ4v) is 2.63. The van der Waals surface area contributed by atoms with Crippen molar-refractivity contribution >= 4 is 31.8 Å². The Balaban J connectivity index is 2.41. The van der Waals surface area contributed by atoms with Gasteiger partial charge in [-0.25, -0.2) is 27.2 Å². The van der Waals surface area contributed by atoms with Gasteiger partial charge in [0.25, 0.3) is 10.0 Å². The first-order chi connectivity index (χ1) is 8.90. The van der Waals surface area contributed by atoms with Crippen molar-refractivity contribution in [2.75, 3.05) is 4.72 Å². The summed E-state index contributed by atoms with van der Waals surface area (Å²) in [5.74, 6) is -2.51. The fourth-order valence-electron chi connectivity index (χ4n) is 1.29. The minimum Gasteiger partial charge on any atom is -0.262 e. The van der Waals surface area contributed by atoms with Crippen molar-refractivity contribution in [3.8, 4) is 0 Å². The average molecular weight is 350 g/mol. The maximum Gasteiger partial charge on any atom is 0.268 e. The van der Waals surface area contributed by atoms with E-state index in [4.69, 9.17) is 0 Å². The van der Waals surface area contributed by atoms with Crippen LogP contribution in [0.15, 0.2) is 40.1 Å². The molecule has 2 rings (SSSR count). The highest BCUT2D eigenvalue weighted by atomic mass is 79.9. The Kier molecular flexibility index (Phi) is 3.76. The Bertz CT molecular complexity index is 687. The first-order valence-electron chi connectivity index (χ1n) is 4.84. The molecule has 0 fully saturated rings. The van der Waals surface area contributed by atoms with Gasteiger partial charge in [0.05, 0.1) is 12.4 Å². The summed E-state index contributed by atoms with van der Waals surface area (Å²) in [6, 6.07) is 2.78. The van der Waals surface area contributed by atoms with Crippen molar-refractivity contribution in [3.63, 3.8) is 0 Å². The molecular weight excluding hydrogens is 344 g/mol. The molecule has 0 aliphatic heterocycles. The van der Waals surface area contributed by atoms with Crippen molar-refractivity contribution in [1.82, 2.24) is 9.97 Å². The molecule has 0 unspecified atom stereocenters. The lowest BCUT2D eigenvalue weighted by Gasteiger charge is -2.08. The number of rotatable bonds is 3. The van der Waals surface area contributed by atoms with Gasteiger partial charge in [-0.15, -0.1) is 0 Å². The van der Waals surface area contributed by atoms with Crippen molar-refractivity contribution in [1.29, 1.82) is 0 Å². The van der Waals surface area contributed by atoms with Crippen LogP contribution in [-0.4, -0.2) is 18.4 Å². The molecule has 1 heterocycles. The summed E-state index contributed by atoms with van der Waals surface area (Å²) in [6.45, 7) is 0. The third kappa shape index (κ3) is 3.04. The maximum atomic E-state index is 13.4. The van der Waals surface area contributed by atoms with Gasteiger partial charge in [-0.05, 0) is 28.1 Å². The van der Waals surface area contributed by atoms with Gasteiger partial charge in [-0.2, -0.15) is 0 Å². The average Bonchev–Trinajstić information content (AvgIpc) is 2.31. The standard InChI is InChI=1S/C10H6BrF2N3O2S/c11-8-4-15-9(5-14-8)16-19(17,18)10-6(12)2-1-3-7(10)13/h1-5H,(H,15,16). The Hall–Kier alpha value is -1.61. The van der Waals surface area contributed by atoms with E-state index in [0.717, 1.165) is 24.4 Å². The van der Waals surface area contributed by atoms with E-state index < -0.39 is 26.6 Å². The third-order valence-electron chi connectivity index (χ3n) is 2.05. The van der Waals surface area contributed by atoms with Crippen LogP contribution in [0.2, 0.25) is 0 Å². The quantitative estimate of drug-likeness (QED) is 0.922. The number of hydrogen-bond donors (Lipinski definition) is 1. The summed E-state index contributed by atoms with van der Waals surface area (Å²) in [4.78, 5) is 6.39. The van der Waals surface area contributed by atoms with Gasteiger partial charge in [-0.1, -0.05) is 6.07 Å². The highest BCUT2D eigenvalue weighted by Gasteiger charge is 2.24. The van der Waals surface area contributed by atoms with E-state index in [1.807, 2.05) is 4.72 Å². The highest BCUT2D eigenvalue weighted by molar-refractivity contribution is 9.10. The summed E-state index contributed by atoms with van der Waals surface area (Å²) in [6.07, 6.45) is 2.36. The minimum atomic E-state index is -4.41. The number of halogens is 3. The zero-order valence-corrected chi connectivity index (χ0v) is 11.5. The summed E-state index contributed by atoms with van der Waals surface area (Å²) >= 11 is 3.02. The topological polar surface area (TPSA) is 72.0 Å². The molecule has 0 saturated heterocycles. The molecule has 0 bridgehead atoms. The summed E-state index contributed by atoms with van der Waals surface area (Å²) in [7, 11) is -4.41. The van der Waals surface area contributed by atoms with Crippen molar-refractivity contribution in [3.05, 3.63) is 46.8 Å². The molecule has 100 valence electrons. The number of nitrogens with one attached hydrogen (secondary N) is 1. The third-order valence-corrected chi connectivity index (χ3v) is 3.86. The molecule has 0 atom stereocenters. The largest absolute Gasteiger partial charge is 0.268 e. The van der Waals surface area contributed by atoms with E-state index in [9.17, 15) is 17.2 Å². The number of hydrogen-bond acceptors (Lipinski definition) is 4. The van der Waals surface area contributed by atoms with Gasteiger partial charge in [-0.3, -0.25) is 4.72 Å². The van der Waals surface area contributed by atoms with Crippen LogP contribution in [0.5, 0.6) is 0 Å². The normalized spacial score (nSPS) is 11.3. The molecule has 0 amide bonds. The number of sulfonamides is 1. The zero-order valence-electron chi connectivity index (χ0n) is 9.14. The summed E-state index contributed by atoms with van der Waals surface area (Å²) in [5, 5.41) is 0. The van der Waals surface area contributed by atoms with E-state index in [1.165, 1.54) is 6.20 Å². The molecule has 0 aliphatic carbocycles. The second kappa shape index (κ2) is 5.17. The second-order valence-electron chi connectivity index (χ2n) is 3.38. The number of anilines is 1. The van der Waals surface area contributed by atoms with Gasteiger partial charge in [0.1, 0.15) is 16.2 Å². The van der Waals surface area contributed by atoms with Gasteiger partial charge in [0.2, 0.25) is 0 Å². The first kappa shape index (κ1) is 13.8. The highest BCUT2D eigenvalue weighted by Crippen LogP contribution is 2.20. The molecule has 1 aromatic carbocycles. The maximum absolute atomic E-state index is 13.4. The molecule has 2 aromatic rings.